The molecule has 1 aromatic carbocycles. The number of hydrogen-bond donors (Lipinski definition) is 0. The lowest BCUT2D eigenvalue weighted by Crippen LogP contribution is -2.18. The first-order chi connectivity index (χ1) is 6.68. The van der Waals surface area contributed by atoms with Crippen LogP contribution in [0.15, 0.2) is 52.3 Å². The number of hydrogen-bond acceptors (Lipinski definition) is 2. The van der Waals surface area contributed by atoms with Crippen LogP contribution in [-0.2, 0) is 6.42 Å². The summed E-state index contributed by atoms with van der Waals surface area (Å²) < 4.78 is 0. The van der Waals surface area contributed by atoms with Gasteiger partial charge in [-0.05, 0) is 31.4 Å². The topological polar surface area (TPSA) is 24.7 Å². The van der Waals surface area contributed by atoms with Gasteiger partial charge < -0.3 is 0 Å². The molecule has 0 saturated heterocycles. The summed E-state index contributed by atoms with van der Waals surface area (Å²) in [6.45, 7) is 4.19. The minimum atomic E-state index is -0.115. The van der Waals surface area contributed by atoms with E-state index in [1.165, 1.54) is 11.1 Å². The van der Waals surface area contributed by atoms with Gasteiger partial charge >= 0.3 is 0 Å². The van der Waals surface area contributed by atoms with Gasteiger partial charge in [0.25, 0.3) is 0 Å². The average molecular weight is 186 g/mol. The Hall–Kier alpha value is -1.44. The highest BCUT2D eigenvalue weighted by Gasteiger charge is 2.25. The van der Waals surface area contributed by atoms with Crippen LogP contribution in [0.4, 0.5) is 0 Å². The second-order valence-corrected chi connectivity index (χ2v) is 4.09. The van der Waals surface area contributed by atoms with Crippen molar-refractivity contribution < 1.29 is 0 Å². The SMILES string of the molecule is CC1(C)N=NC=C1Cc1ccccc1. The summed E-state index contributed by atoms with van der Waals surface area (Å²) in [7, 11) is 0. The molecular weight excluding hydrogens is 172 g/mol. The molecule has 0 unspecified atom stereocenters. The third kappa shape index (κ3) is 1.74. The lowest BCUT2D eigenvalue weighted by Gasteiger charge is -2.17. The van der Waals surface area contributed by atoms with Gasteiger partial charge in [0.05, 0.1) is 11.7 Å². The van der Waals surface area contributed by atoms with Crippen molar-refractivity contribution in [1.29, 1.82) is 0 Å². The Morgan fingerprint density at radius 2 is 1.86 bits per heavy atom. The molecule has 1 heterocycles. The zero-order chi connectivity index (χ0) is 10.0. The second-order valence-electron chi connectivity index (χ2n) is 4.09. The average Bonchev–Trinajstić information content (AvgIpc) is 2.48. The molecule has 2 nitrogen and oxygen atoms in total. The van der Waals surface area contributed by atoms with Crippen molar-refractivity contribution in [3.8, 4) is 0 Å². The van der Waals surface area contributed by atoms with Crippen LogP contribution in [-0.4, -0.2) is 5.54 Å². The summed E-state index contributed by atoms with van der Waals surface area (Å²) in [4.78, 5) is 0. The summed E-state index contributed by atoms with van der Waals surface area (Å²) in [6, 6.07) is 10.4. The van der Waals surface area contributed by atoms with Crippen LogP contribution in [0.1, 0.15) is 19.4 Å². The lowest BCUT2D eigenvalue weighted by molar-refractivity contribution is 0.595. The first-order valence-corrected chi connectivity index (χ1v) is 4.84. The molecule has 1 aliphatic heterocycles. The van der Waals surface area contributed by atoms with Crippen molar-refractivity contribution in [2.24, 2.45) is 10.2 Å². The zero-order valence-electron chi connectivity index (χ0n) is 8.57. The quantitative estimate of drug-likeness (QED) is 0.676. The van der Waals surface area contributed by atoms with Gasteiger partial charge in [0.2, 0.25) is 0 Å². The Morgan fingerprint density at radius 3 is 2.43 bits per heavy atom. The highest BCUT2D eigenvalue weighted by atomic mass is 15.2. The van der Waals surface area contributed by atoms with E-state index in [0.29, 0.717) is 0 Å². The molecule has 0 atom stereocenters. The highest BCUT2D eigenvalue weighted by molar-refractivity contribution is 5.29. The molecule has 0 aromatic heterocycles. The molecule has 0 fully saturated rings. The molecule has 2 rings (SSSR count). The van der Waals surface area contributed by atoms with Crippen LogP contribution in [0.5, 0.6) is 0 Å². The van der Waals surface area contributed by atoms with E-state index in [9.17, 15) is 0 Å². The Bertz CT molecular complexity index is 375. The fourth-order valence-electron chi connectivity index (χ4n) is 1.54. The molecule has 14 heavy (non-hydrogen) atoms. The predicted octanol–water partition coefficient (Wildman–Crippen LogP) is 3.36. The zero-order valence-corrected chi connectivity index (χ0v) is 8.57. The minimum Gasteiger partial charge on any atom is -0.179 e. The van der Waals surface area contributed by atoms with Crippen molar-refractivity contribution in [1.82, 2.24) is 0 Å². The Labute approximate surface area is 84.4 Å². The summed E-state index contributed by atoms with van der Waals surface area (Å²) >= 11 is 0. The summed E-state index contributed by atoms with van der Waals surface area (Å²) in [5.41, 5.74) is 2.48. The number of rotatable bonds is 2. The molecule has 2 heteroatoms. The fourth-order valence-corrected chi connectivity index (χ4v) is 1.54. The van der Waals surface area contributed by atoms with Gasteiger partial charge in [-0.2, -0.15) is 10.2 Å². The minimum absolute atomic E-state index is 0.115. The maximum Gasteiger partial charge on any atom is 0.0994 e. The van der Waals surface area contributed by atoms with Crippen molar-refractivity contribution in [3.05, 3.63) is 47.7 Å². The fraction of sp³-hybridized carbons (Fsp3) is 0.333. The van der Waals surface area contributed by atoms with Crippen LogP contribution in [0.3, 0.4) is 0 Å². The molecular formula is C12H14N2. The van der Waals surface area contributed by atoms with Crippen LogP contribution in [0, 0.1) is 0 Å². The van der Waals surface area contributed by atoms with E-state index >= 15 is 0 Å². The maximum absolute atomic E-state index is 4.18. The van der Waals surface area contributed by atoms with Gasteiger partial charge in [-0.25, -0.2) is 0 Å². The van der Waals surface area contributed by atoms with Crippen molar-refractivity contribution >= 4 is 0 Å². The van der Waals surface area contributed by atoms with Gasteiger partial charge in [-0.15, -0.1) is 0 Å². The first-order valence-electron chi connectivity index (χ1n) is 4.84. The van der Waals surface area contributed by atoms with Crippen LogP contribution in [0.2, 0.25) is 0 Å². The van der Waals surface area contributed by atoms with E-state index in [0.717, 1.165) is 6.42 Å². The first kappa shape index (κ1) is 9.13. The van der Waals surface area contributed by atoms with Crippen LogP contribution in [0.25, 0.3) is 0 Å². The summed E-state index contributed by atoms with van der Waals surface area (Å²) in [5.74, 6) is 0. The van der Waals surface area contributed by atoms with Gasteiger partial charge in [-0.1, -0.05) is 30.3 Å². The number of benzene rings is 1. The Kier molecular flexibility index (Phi) is 2.20. The largest absolute Gasteiger partial charge is 0.179 e. The highest BCUT2D eigenvalue weighted by Crippen LogP contribution is 2.29. The predicted molar refractivity (Wildman–Crippen MR) is 57.2 cm³/mol. The molecule has 0 bridgehead atoms. The maximum atomic E-state index is 4.18. The molecule has 0 N–H and O–H groups in total. The normalized spacial score (nSPS) is 18.3. The third-order valence-corrected chi connectivity index (χ3v) is 2.54. The van der Waals surface area contributed by atoms with Crippen LogP contribution >= 0.6 is 0 Å². The monoisotopic (exact) mass is 186 g/mol. The van der Waals surface area contributed by atoms with Gasteiger partial charge in [0, 0.05) is 0 Å². The van der Waals surface area contributed by atoms with E-state index in [1.807, 2.05) is 12.3 Å². The van der Waals surface area contributed by atoms with Gasteiger partial charge in [0.15, 0.2) is 0 Å². The third-order valence-electron chi connectivity index (χ3n) is 2.54. The second kappa shape index (κ2) is 3.37. The van der Waals surface area contributed by atoms with E-state index in [1.54, 1.807) is 0 Å². The standard InChI is InChI=1S/C12H14N2/c1-12(2)11(9-13-14-12)8-10-6-4-3-5-7-10/h3-7,9H,8H2,1-2H3. The Balaban J connectivity index is 2.14. The summed E-state index contributed by atoms with van der Waals surface area (Å²) in [5, 5.41) is 8.15. The molecule has 72 valence electrons. The number of azo groups is 1. The van der Waals surface area contributed by atoms with Gasteiger partial charge in [-0.3, -0.25) is 0 Å². The van der Waals surface area contributed by atoms with Crippen molar-refractivity contribution in [2.45, 2.75) is 25.8 Å². The molecule has 0 radical (unpaired) electrons. The molecule has 1 aromatic rings. The molecule has 0 amide bonds. The van der Waals surface area contributed by atoms with Crippen molar-refractivity contribution in [2.75, 3.05) is 0 Å². The van der Waals surface area contributed by atoms with Crippen molar-refractivity contribution in [3.63, 3.8) is 0 Å². The van der Waals surface area contributed by atoms with Gasteiger partial charge in [0.1, 0.15) is 0 Å². The van der Waals surface area contributed by atoms with E-state index in [2.05, 4.69) is 48.3 Å². The molecule has 0 saturated carbocycles. The Morgan fingerprint density at radius 1 is 1.14 bits per heavy atom. The molecule has 1 aliphatic rings. The van der Waals surface area contributed by atoms with E-state index in [4.69, 9.17) is 0 Å². The van der Waals surface area contributed by atoms with E-state index < -0.39 is 0 Å². The van der Waals surface area contributed by atoms with E-state index in [-0.39, 0.29) is 5.54 Å². The number of nitrogens with zero attached hydrogens (tertiary/aromatic N) is 2. The van der Waals surface area contributed by atoms with Crippen LogP contribution < -0.4 is 0 Å². The molecule has 0 spiro atoms. The smallest absolute Gasteiger partial charge is 0.0994 e. The molecule has 0 aliphatic carbocycles. The summed E-state index contributed by atoms with van der Waals surface area (Å²) in [6.07, 6.45) is 2.83. The lowest BCUT2D eigenvalue weighted by atomic mass is 9.91.